The van der Waals surface area contributed by atoms with Gasteiger partial charge in [0.05, 0.1) is 0 Å². The summed E-state index contributed by atoms with van der Waals surface area (Å²) < 4.78 is 0. The Bertz CT molecular complexity index is 234. The van der Waals surface area contributed by atoms with E-state index < -0.39 is 0 Å². The fourth-order valence-corrected chi connectivity index (χ4v) is 3.41. The van der Waals surface area contributed by atoms with Crippen LogP contribution in [0.4, 0.5) is 0 Å². The lowest BCUT2D eigenvalue weighted by Crippen LogP contribution is -2.25. The Morgan fingerprint density at radius 2 is 1.71 bits per heavy atom. The molecule has 2 saturated carbocycles. The lowest BCUT2D eigenvalue weighted by atomic mass is 9.74. The molecular formula is C16H28O. The molecule has 1 nitrogen and oxygen atoms in total. The lowest BCUT2D eigenvalue weighted by molar-refractivity contribution is -0.125. The summed E-state index contributed by atoms with van der Waals surface area (Å²) in [5.74, 6) is 2.74. The minimum atomic E-state index is 0.438. The molecule has 98 valence electrons. The van der Waals surface area contributed by atoms with Gasteiger partial charge in [0, 0.05) is 12.3 Å². The Balaban J connectivity index is 1.65. The highest BCUT2D eigenvalue weighted by Gasteiger charge is 2.28. The zero-order chi connectivity index (χ0) is 12.1. The molecule has 0 aromatic heterocycles. The maximum atomic E-state index is 12.1. The standard InChI is InChI=1S/C16H28O/c1-2-3-5-13-8-10-15(11-9-13)16(17)12-14-6-4-7-14/h13-15H,2-12H2,1H3. The van der Waals surface area contributed by atoms with Crippen molar-refractivity contribution in [3.8, 4) is 0 Å². The molecule has 0 heterocycles. The van der Waals surface area contributed by atoms with Crippen LogP contribution in [0.15, 0.2) is 0 Å². The van der Waals surface area contributed by atoms with E-state index in [4.69, 9.17) is 0 Å². The molecule has 0 unspecified atom stereocenters. The summed E-state index contributed by atoms with van der Waals surface area (Å²) in [5.41, 5.74) is 0. The first kappa shape index (κ1) is 13.1. The van der Waals surface area contributed by atoms with Crippen molar-refractivity contribution >= 4 is 5.78 Å². The highest BCUT2D eigenvalue weighted by atomic mass is 16.1. The molecular weight excluding hydrogens is 208 g/mol. The molecule has 0 atom stereocenters. The average Bonchev–Trinajstić information content (AvgIpc) is 2.31. The molecule has 0 spiro atoms. The first-order valence-corrected chi connectivity index (χ1v) is 7.82. The number of hydrogen-bond donors (Lipinski definition) is 0. The number of rotatable bonds is 6. The van der Waals surface area contributed by atoms with Gasteiger partial charge >= 0.3 is 0 Å². The van der Waals surface area contributed by atoms with Gasteiger partial charge in [0.25, 0.3) is 0 Å². The van der Waals surface area contributed by atoms with E-state index in [-0.39, 0.29) is 0 Å². The second kappa shape index (κ2) is 6.56. The normalized spacial score (nSPS) is 29.9. The van der Waals surface area contributed by atoms with Crippen molar-refractivity contribution < 1.29 is 4.79 Å². The quantitative estimate of drug-likeness (QED) is 0.651. The molecule has 0 aromatic rings. The summed E-state index contributed by atoms with van der Waals surface area (Å²) in [6.07, 6.45) is 14.0. The van der Waals surface area contributed by atoms with Crippen molar-refractivity contribution in [3.05, 3.63) is 0 Å². The third-order valence-electron chi connectivity index (χ3n) is 4.98. The highest BCUT2D eigenvalue weighted by molar-refractivity contribution is 5.81. The van der Waals surface area contributed by atoms with E-state index >= 15 is 0 Å². The number of carbonyl (C=O) groups is 1. The van der Waals surface area contributed by atoms with Crippen LogP contribution in [0.25, 0.3) is 0 Å². The molecule has 0 amide bonds. The smallest absolute Gasteiger partial charge is 0.136 e. The van der Waals surface area contributed by atoms with E-state index in [9.17, 15) is 4.79 Å². The van der Waals surface area contributed by atoms with E-state index in [0.717, 1.165) is 18.3 Å². The first-order chi connectivity index (χ1) is 8.29. The van der Waals surface area contributed by atoms with Crippen molar-refractivity contribution in [3.63, 3.8) is 0 Å². The van der Waals surface area contributed by atoms with Crippen LogP contribution < -0.4 is 0 Å². The second-order valence-corrected chi connectivity index (χ2v) is 6.33. The van der Waals surface area contributed by atoms with Crippen LogP contribution in [0.2, 0.25) is 0 Å². The maximum Gasteiger partial charge on any atom is 0.136 e. The van der Waals surface area contributed by atoms with Gasteiger partial charge in [0.2, 0.25) is 0 Å². The van der Waals surface area contributed by atoms with Crippen LogP contribution in [0.1, 0.15) is 77.6 Å². The summed E-state index contributed by atoms with van der Waals surface area (Å²) in [6.45, 7) is 2.27. The minimum Gasteiger partial charge on any atom is -0.299 e. The van der Waals surface area contributed by atoms with Gasteiger partial charge in [-0.25, -0.2) is 0 Å². The van der Waals surface area contributed by atoms with Crippen LogP contribution in [-0.4, -0.2) is 5.78 Å². The summed E-state index contributed by atoms with van der Waals surface area (Å²) >= 11 is 0. The SMILES string of the molecule is CCCCC1CCC(C(=O)CC2CCC2)CC1. The Hall–Kier alpha value is -0.330. The molecule has 1 heteroatoms. The van der Waals surface area contributed by atoms with Crippen LogP contribution in [0.5, 0.6) is 0 Å². The van der Waals surface area contributed by atoms with Gasteiger partial charge in [-0.3, -0.25) is 4.79 Å². The number of carbonyl (C=O) groups excluding carboxylic acids is 1. The second-order valence-electron chi connectivity index (χ2n) is 6.33. The van der Waals surface area contributed by atoms with E-state index in [1.165, 1.54) is 64.2 Å². The number of hydrogen-bond acceptors (Lipinski definition) is 1. The number of ketones is 1. The van der Waals surface area contributed by atoms with Crippen LogP contribution in [0.3, 0.4) is 0 Å². The third kappa shape index (κ3) is 3.82. The van der Waals surface area contributed by atoms with Gasteiger partial charge in [-0.15, -0.1) is 0 Å². The predicted molar refractivity (Wildman–Crippen MR) is 71.9 cm³/mol. The number of unbranched alkanes of at least 4 members (excludes halogenated alkanes) is 1. The molecule has 17 heavy (non-hydrogen) atoms. The largest absolute Gasteiger partial charge is 0.299 e. The first-order valence-electron chi connectivity index (χ1n) is 7.82. The monoisotopic (exact) mass is 236 g/mol. The topological polar surface area (TPSA) is 17.1 Å². The zero-order valence-corrected chi connectivity index (χ0v) is 11.4. The molecule has 2 aliphatic carbocycles. The summed E-state index contributed by atoms with van der Waals surface area (Å²) in [7, 11) is 0. The fraction of sp³-hybridized carbons (Fsp3) is 0.938. The van der Waals surface area contributed by atoms with Crippen molar-refractivity contribution in [2.24, 2.45) is 17.8 Å². The van der Waals surface area contributed by atoms with Gasteiger partial charge in [0.1, 0.15) is 5.78 Å². The molecule has 0 N–H and O–H groups in total. The third-order valence-corrected chi connectivity index (χ3v) is 4.98. The molecule has 0 aromatic carbocycles. The minimum absolute atomic E-state index is 0.438. The predicted octanol–water partition coefficient (Wildman–Crippen LogP) is 4.74. The van der Waals surface area contributed by atoms with Gasteiger partial charge in [0.15, 0.2) is 0 Å². The Labute approximate surface area is 106 Å². The molecule has 0 bridgehead atoms. The van der Waals surface area contributed by atoms with E-state index in [0.29, 0.717) is 11.7 Å². The molecule has 2 fully saturated rings. The van der Waals surface area contributed by atoms with E-state index in [1.54, 1.807) is 0 Å². The van der Waals surface area contributed by atoms with Gasteiger partial charge in [-0.05, 0) is 37.5 Å². The molecule has 2 rings (SSSR count). The Morgan fingerprint density at radius 1 is 1.00 bits per heavy atom. The van der Waals surface area contributed by atoms with E-state index in [1.807, 2.05) is 0 Å². The maximum absolute atomic E-state index is 12.1. The van der Waals surface area contributed by atoms with Crippen LogP contribution in [-0.2, 0) is 4.79 Å². The molecule has 2 aliphatic rings. The molecule has 0 saturated heterocycles. The lowest BCUT2D eigenvalue weighted by Gasteiger charge is -2.30. The Morgan fingerprint density at radius 3 is 2.24 bits per heavy atom. The molecule has 0 aliphatic heterocycles. The van der Waals surface area contributed by atoms with Crippen molar-refractivity contribution in [1.82, 2.24) is 0 Å². The summed E-state index contributed by atoms with van der Waals surface area (Å²) in [5, 5.41) is 0. The summed E-state index contributed by atoms with van der Waals surface area (Å²) in [4.78, 5) is 12.1. The van der Waals surface area contributed by atoms with E-state index in [2.05, 4.69) is 6.92 Å². The average molecular weight is 236 g/mol. The van der Waals surface area contributed by atoms with Crippen molar-refractivity contribution in [1.29, 1.82) is 0 Å². The highest BCUT2D eigenvalue weighted by Crippen LogP contribution is 2.36. The summed E-state index contributed by atoms with van der Waals surface area (Å²) in [6, 6.07) is 0. The van der Waals surface area contributed by atoms with Crippen LogP contribution in [0, 0.1) is 17.8 Å². The van der Waals surface area contributed by atoms with Crippen molar-refractivity contribution in [2.45, 2.75) is 77.6 Å². The van der Waals surface area contributed by atoms with Gasteiger partial charge in [-0.2, -0.15) is 0 Å². The van der Waals surface area contributed by atoms with Gasteiger partial charge < -0.3 is 0 Å². The van der Waals surface area contributed by atoms with Crippen molar-refractivity contribution in [2.75, 3.05) is 0 Å². The number of Topliss-reactive ketones (excluding diaryl/α,β-unsaturated/α-hetero) is 1. The van der Waals surface area contributed by atoms with Crippen LogP contribution >= 0.6 is 0 Å². The zero-order valence-electron chi connectivity index (χ0n) is 11.4. The molecule has 0 radical (unpaired) electrons. The Kier molecular flexibility index (Phi) is 5.06. The fourth-order valence-electron chi connectivity index (χ4n) is 3.41. The van der Waals surface area contributed by atoms with Gasteiger partial charge in [-0.1, -0.05) is 45.4 Å².